The van der Waals surface area contributed by atoms with Gasteiger partial charge >= 0.3 is 5.69 Å². The lowest BCUT2D eigenvalue weighted by Crippen LogP contribution is -2.40. The van der Waals surface area contributed by atoms with E-state index in [0.29, 0.717) is 5.76 Å². The maximum absolute atomic E-state index is 12.1. The van der Waals surface area contributed by atoms with Crippen LogP contribution in [0.15, 0.2) is 44.3 Å². The summed E-state index contributed by atoms with van der Waals surface area (Å²) in [5, 5.41) is 13.3. The van der Waals surface area contributed by atoms with Crippen LogP contribution >= 0.6 is 0 Å². The Morgan fingerprint density at radius 2 is 1.92 bits per heavy atom. The van der Waals surface area contributed by atoms with Crippen LogP contribution in [-0.4, -0.2) is 9.13 Å². The highest BCUT2D eigenvalue weighted by atomic mass is 16.3. The van der Waals surface area contributed by atoms with Crippen molar-refractivity contribution >= 4 is 16.8 Å². The van der Waals surface area contributed by atoms with E-state index in [9.17, 15) is 14.9 Å². The fourth-order valence-corrected chi connectivity index (χ4v) is 2.61. The number of hydrogen-bond acceptors (Lipinski definition) is 5. The monoisotopic (exact) mass is 324 g/mol. The molecule has 1 aromatic carbocycles. The molecule has 7 heteroatoms. The average molecular weight is 324 g/mol. The van der Waals surface area contributed by atoms with E-state index in [-0.39, 0.29) is 17.4 Å². The van der Waals surface area contributed by atoms with Crippen molar-refractivity contribution in [2.24, 2.45) is 14.1 Å². The molecule has 0 saturated heterocycles. The summed E-state index contributed by atoms with van der Waals surface area (Å²) >= 11 is 0. The first kappa shape index (κ1) is 15.6. The van der Waals surface area contributed by atoms with Crippen molar-refractivity contribution in [2.75, 3.05) is 5.32 Å². The second kappa shape index (κ2) is 5.74. The smallest absolute Gasteiger partial charge is 0.332 e. The molecule has 7 nitrogen and oxygen atoms in total. The SMILES string of the molecule is C[C@H](Nc1c(C#N)c(=O)n(C)c(=O)n1C)c1cc2ccccc2o1. The molecule has 0 spiro atoms. The van der Waals surface area contributed by atoms with Crippen LogP contribution in [-0.2, 0) is 14.1 Å². The molecular formula is C17H16N4O3. The van der Waals surface area contributed by atoms with Crippen LogP contribution < -0.4 is 16.6 Å². The number of nitrogens with one attached hydrogen (secondary N) is 1. The highest BCUT2D eigenvalue weighted by Gasteiger charge is 2.19. The van der Waals surface area contributed by atoms with E-state index < -0.39 is 11.2 Å². The van der Waals surface area contributed by atoms with E-state index in [2.05, 4.69) is 5.32 Å². The fraction of sp³-hybridized carbons (Fsp3) is 0.235. The number of aromatic nitrogens is 2. The molecule has 2 heterocycles. The number of nitrogens with zero attached hydrogens (tertiary/aromatic N) is 3. The zero-order valence-electron chi connectivity index (χ0n) is 13.5. The molecule has 3 aromatic rings. The minimum atomic E-state index is -0.625. The van der Waals surface area contributed by atoms with Gasteiger partial charge in [0.05, 0.1) is 6.04 Å². The van der Waals surface area contributed by atoms with Crippen LogP contribution in [0.3, 0.4) is 0 Å². The lowest BCUT2D eigenvalue weighted by molar-refractivity contribution is 0.523. The highest BCUT2D eigenvalue weighted by molar-refractivity contribution is 5.77. The van der Waals surface area contributed by atoms with E-state index in [0.717, 1.165) is 15.5 Å². The zero-order chi connectivity index (χ0) is 17.4. The van der Waals surface area contributed by atoms with Gasteiger partial charge in [0.25, 0.3) is 5.56 Å². The third kappa shape index (κ3) is 2.38. The van der Waals surface area contributed by atoms with Crippen LogP contribution in [0.5, 0.6) is 0 Å². The van der Waals surface area contributed by atoms with E-state index in [1.54, 1.807) is 0 Å². The number of nitriles is 1. The van der Waals surface area contributed by atoms with Crippen LogP contribution in [0.2, 0.25) is 0 Å². The van der Waals surface area contributed by atoms with Gasteiger partial charge in [-0.3, -0.25) is 13.9 Å². The van der Waals surface area contributed by atoms with Crippen molar-refractivity contribution in [1.82, 2.24) is 9.13 Å². The molecule has 3 rings (SSSR count). The minimum absolute atomic E-state index is 0.109. The third-order valence-corrected chi connectivity index (χ3v) is 4.00. The highest BCUT2D eigenvalue weighted by Crippen LogP contribution is 2.26. The summed E-state index contributed by atoms with van der Waals surface area (Å²) in [6, 6.07) is 11.0. The minimum Gasteiger partial charge on any atom is -0.459 e. The fourth-order valence-electron chi connectivity index (χ4n) is 2.61. The molecule has 1 atom stereocenters. The number of benzene rings is 1. The molecule has 0 aliphatic heterocycles. The number of hydrogen-bond donors (Lipinski definition) is 1. The van der Waals surface area contributed by atoms with Gasteiger partial charge in [-0.2, -0.15) is 5.26 Å². The Labute approximate surface area is 137 Å². The Hall–Kier alpha value is -3.27. The Kier molecular flexibility index (Phi) is 3.73. The van der Waals surface area contributed by atoms with E-state index in [1.165, 1.54) is 18.7 Å². The molecular weight excluding hydrogens is 308 g/mol. The molecule has 0 fully saturated rings. The number of fused-ring (bicyclic) bond motifs is 1. The van der Waals surface area contributed by atoms with Gasteiger partial charge < -0.3 is 9.73 Å². The standard InChI is InChI=1S/C17H16N4O3/c1-10(14-8-11-6-4-5-7-13(11)24-14)19-15-12(9-18)16(22)21(3)17(23)20(15)2/h4-8,10,19H,1-3H3/t10-/m0/s1. The third-order valence-electron chi connectivity index (χ3n) is 4.00. The van der Waals surface area contributed by atoms with Crippen LogP contribution in [0.1, 0.15) is 24.3 Å². The molecule has 0 bridgehead atoms. The molecule has 1 N–H and O–H groups in total. The molecule has 24 heavy (non-hydrogen) atoms. The summed E-state index contributed by atoms with van der Waals surface area (Å²) in [6.45, 7) is 1.83. The van der Waals surface area contributed by atoms with Gasteiger partial charge in [0, 0.05) is 19.5 Å². The van der Waals surface area contributed by atoms with Crippen molar-refractivity contribution < 1.29 is 4.42 Å². The first-order valence-corrected chi connectivity index (χ1v) is 7.39. The van der Waals surface area contributed by atoms with Gasteiger partial charge in [0.1, 0.15) is 23.2 Å². The largest absolute Gasteiger partial charge is 0.459 e. The molecule has 122 valence electrons. The topological polar surface area (TPSA) is 93.0 Å². The van der Waals surface area contributed by atoms with Crippen molar-refractivity contribution in [3.05, 3.63) is 62.5 Å². The summed E-state index contributed by atoms with van der Waals surface area (Å²) in [7, 11) is 2.86. The van der Waals surface area contributed by atoms with Gasteiger partial charge in [-0.1, -0.05) is 18.2 Å². The maximum atomic E-state index is 12.1. The number of para-hydroxylation sites is 1. The van der Waals surface area contributed by atoms with Gasteiger partial charge in [0.15, 0.2) is 5.56 Å². The van der Waals surface area contributed by atoms with E-state index in [4.69, 9.17) is 4.42 Å². The molecule has 0 aliphatic rings. The van der Waals surface area contributed by atoms with Crippen molar-refractivity contribution in [3.63, 3.8) is 0 Å². The van der Waals surface area contributed by atoms with Crippen molar-refractivity contribution in [3.8, 4) is 6.07 Å². The molecule has 0 amide bonds. The maximum Gasteiger partial charge on any atom is 0.332 e. The Morgan fingerprint density at radius 3 is 2.58 bits per heavy atom. The zero-order valence-corrected chi connectivity index (χ0v) is 13.5. The summed E-state index contributed by atoms with van der Waals surface area (Å²) in [4.78, 5) is 24.2. The number of anilines is 1. The summed E-state index contributed by atoms with van der Waals surface area (Å²) < 4.78 is 7.94. The van der Waals surface area contributed by atoms with Gasteiger partial charge in [-0.25, -0.2) is 4.79 Å². The predicted molar refractivity (Wildman–Crippen MR) is 89.9 cm³/mol. The molecule has 0 radical (unpaired) electrons. The van der Waals surface area contributed by atoms with Gasteiger partial charge in [0.2, 0.25) is 0 Å². The van der Waals surface area contributed by atoms with Gasteiger partial charge in [-0.15, -0.1) is 0 Å². The van der Waals surface area contributed by atoms with Crippen molar-refractivity contribution in [1.29, 1.82) is 5.26 Å². The Bertz CT molecular complexity index is 1050. The summed E-state index contributed by atoms with van der Waals surface area (Å²) in [5.74, 6) is 0.826. The van der Waals surface area contributed by atoms with Crippen LogP contribution in [0.25, 0.3) is 11.0 Å². The van der Waals surface area contributed by atoms with E-state index >= 15 is 0 Å². The van der Waals surface area contributed by atoms with Crippen molar-refractivity contribution in [2.45, 2.75) is 13.0 Å². The Morgan fingerprint density at radius 1 is 1.21 bits per heavy atom. The lowest BCUT2D eigenvalue weighted by Gasteiger charge is -2.17. The lowest BCUT2D eigenvalue weighted by atomic mass is 10.2. The van der Waals surface area contributed by atoms with Crippen LogP contribution in [0.4, 0.5) is 5.82 Å². The molecule has 0 aliphatic carbocycles. The number of rotatable bonds is 3. The van der Waals surface area contributed by atoms with Gasteiger partial charge in [-0.05, 0) is 19.1 Å². The second-order valence-electron chi connectivity index (χ2n) is 5.59. The first-order chi connectivity index (χ1) is 11.4. The number of furan rings is 1. The molecule has 0 saturated carbocycles. The van der Waals surface area contributed by atoms with E-state index in [1.807, 2.05) is 43.3 Å². The summed E-state index contributed by atoms with van der Waals surface area (Å²) in [5.41, 5.74) is -0.486. The predicted octanol–water partition coefficient (Wildman–Crippen LogP) is 1.87. The molecule has 2 aromatic heterocycles. The Balaban J connectivity index is 2.06. The quantitative estimate of drug-likeness (QED) is 0.794. The first-order valence-electron chi connectivity index (χ1n) is 7.39. The summed E-state index contributed by atoms with van der Waals surface area (Å²) in [6.07, 6.45) is 0. The molecule has 0 unspecified atom stereocenters. The van der Waals surface area contributed by atoms with Crippen LogP contribution in [0, 0.1) is 11.3 Å². The normalized spacial score (nSPS) is 12.1. The second-order valence-corrected chi connectivity index (χ2v) is 5.59. The average Bonchev–Trinajstić information content (AvgIpc) is 3.02.